The summed E-state index contributed by atoms with van der Waals surface area (Å²) in [5.41, 5.74) is -2.63. The van der Waals surface area contributed by atoms with E-state index >= 15 is 0 Å². The lowest BCUT2D eigenvalue weighted by atomic mass is 9.98. The maximum absolute atomic E-state index is 13.9. The van der Waals surface area contributed by atoms with E-state index in [2.05, 4.69) is 0 Å². The van der Waals surface area contributed by atoms with Gasteiger partial charge in [-0.1, -0.05) is 36.4 Å². The summed E-state index contributed by atoms with van der Waals surface area (Å²) in [6, 6.07) is 12.6. The standard InChI is InChI=1S/C27H22F8N2O/c28-23-7-6-18(11-24(23)29)10-22-16-36(15-17-4-2-1-3-5-17)8-9-37(22)25(38)19-12-20(26(30,31)32)14-21(13-19)27(33,34)35/h1-7,11-14,22H,8-10,15-16H2/t22-/m1/s1. The second kappa shape index (κ2) is 10.7. The minimum absolute atomic E-state index is 0.0115. The Hall–Kier alpha value is -3.47. The fraction of sp³-hybridized carbons (Fsp3) is 0.296. The molecule has 0 N–H and O–H groups in total. The van der Waals surface area contributed by atoms with E-state index in [9.17, 15) is 39.9 Å². The maximum atomic E-state index is 13.9. The van der Waals surface area contributed by atoms with Gasteiger partial charge >= 0.3 is 12.4 Å². The number of hydrogen-bond acceptors (Lipinski definition) is 2. The van der Waals surface area contributed by atoms with Crippen LogP contribution in [0.15, 0.2) is 66.7 Å². The highest BCUT2D eigenvalue weighted by Gasteiger charge is 2.39. The number of hydrogen-bond donors (Lipinski definition) is 0. The largest absolute Gasteiger partial charge is 0.416 e. The first-order valence-corrected chi connectivity index (χ1v) is 11.6. The summed E-state index contributed by atoms with van der Waals surface area (Å²) >= 11 is 0. The van der Waals surface area contributed by atoms with Gasteiger partial charge in [0.05, 0.1) is 11.1 Å². The van der Waals surface area contributed by atoms with Crippen molar-refractivity contribution in [1.82, 2.24) is 9.80 Å². The van der Waals surface area contributed by atoms with Gasteiger partial charge in [-0.3, -0.25) is 9.69 Å². The molecule has 1 heterocycles. The molecule has 1 amide bonds. The molecule has 0 bridgehead atoms. The van der Waals surface area contributed by atoms with Crippen LogP contribution in [-0.2, 0) is 25.3 Å². The van der Waals surface area contributed by atoms with Crippen LogP contribution in [0.4, 0.5) is 35.1 Å². The van der Waals surface area contributed by atoms with Crippen molar-refractivity contribution >= 4 is 5.91 Å². The summed E-state index contributed by atoms with van der Waals surface area (Å²) in [5, 5.41) is 0. The van der Waals surface area contributed by atoms with Crippen LogP contribution < -0.4 is 0 Å². The fourth-order valence-electron chi connectivity index (χ4n) is 4.53. The van der Waals surface area contributed by atoms with E-state index in [0.29, 0.717) is 30.8 Å². The van der Waals surface area contributed by atoms with E-state index in [-0.39, 0.29) is 25.6 Å². The Labute approximate surface area is 213 Å². The molecule has 0 unspecified atom stereocenters. The number of halogens is 8. The zero-order chi connectivity index (χ0) is 27.7. The summed E-state index contributed by atoms with van der Waals surface area (Å²) < 4.78 is 108. The third-order valence-corrected chi connectivity index (χ3v) is 6.37. The molecule has 202 valence electrons. The Bertz CT molecular complexity index is 1260. The third-order valence-electron chi connectivity index (χ3n) is 6.37. The van der Waals surface area contributed by atoms with Crippen molar-refractivity contribution in [2.45, 2.75) is 31.4 Å². The normalized spacial score (nSPS) is 17.1. The van der Waals surface area contributed by atoms with Crippen LogP contribution in [0.5, 0.6) is 0 Å². The van der Waals surface area contributed by atoms with Crippen LogP contribution in [0.2, 0.25) is 0 Å². The Morgan fingerprint density at radius 3 is 1.97 bits per heavy atom. The van der Waals surface area contributed by atoms with Crippen molar-refractivity contribution in [2.75, 3.05) is 19.6 Å². The first-order valence-electron chi connectivity index (χ1n) is 11.6. The van der Waals surface area contributed by atoms with Gasteiger partial charge in [-0.25, -0.2) is 8.78 Å². The minimum Gasteiger partial charge on any atom is -0.333 e. The number of piperazine rings is 1. The zero-order valence-electron chi connectivity index (χ0n) is 19.8. The van der Waals surface area contributed by atoms with Gasteiger partial charge in [0.15, 0.2) is 11.6 Å². The number of carbonyl (C=O) groups is 1. The van der Waals surface area contributed by atoms with Crippen molar-refractivity contribution in [2.24, 2.45) is 0 Å². The molecular formula is C27H22F8N2O. The topological polar surface area (TPSA) is 23.6 Å². The molecule has 1 aliphatic heterocycles. The molecule has 0 radical (unpaired) electrons. The van der Waals surface area contributed by atoms with Crippen LogP contribution in [0.1, 0.15) is 32.6 Å². The number of amides is 1. The molecule has 3 aromatic carbocycles. The smallest absolute Gasteiger partial charge is 0.333 e. The van der Waals surface area contributed by atoms with Crippen LogP contribution in [0, 0.1) is 11.6 Å². The molecule has 1 saturated heterocycles. The molecule has 1 atom stereocenters. The molecule has 38 heavy (non-hydrogen) atoms. The van der Waals surface area contributed by atoms with Gasteiger partial charge in [0.2, 0.25) is 0 Å². The van der Waals surface area contributed by atoms with Crippen LogP contribution in [0.3, 0.4) is 0 Å². The summed E-state index contributed by atoms with van der Waals surface area (Å²) in [7, 11) is 0. The van der Waals surface area contributed by atoms with Crippen molar-refractivity contribution in [3.63, 3.8) is 0 Å². The third kappa shape index (κ3) is 6.50. The summed E-state index contributed by atoms with van der Waals surface area (Å²) in [5.74, 6) is -3.18. The van der Waals surface area contributed by atoms with Gasteiger partial charge < -0.3 is 4.90 Å². The van der Waals surface area contributed by atoms with E-state index in [0.717, 1.165) is 17.7 Å². The SMILES string of the molecule is O=C(c1cc(C(F)(F)F)cc(C(F)(F)F)c1)N1CCN(Cc2ccccc2)C[C@H]1Cc1ccc(F)c(F)c1. The van der Waals surface area contributed by atoms with E-state index < -0.39 is 52.6 Å². The lowest BCUT2D eigenvalue weighted by molar-refractivity contribution is -0.143. The molecule has 4 rings (SSSR count). The number of benzene rings is 3. The number of carbonyl (C=O) groups excluding carboxylic acids is 1. The second-order valence-corrected chi connectivity index (χ2v) is 9.12. The van der Waals surface area contributed by atoms with Crippen LogP contribution >= 0.6 is 0 Å². The zero-order valence-corrected chi connectivity index (χ0v) is 19.8. The average molecular weight is 542 g/mol. The highest BCUT2D eigenvalue weighted by Crippen LogP contribution is 2.37. The van der Waals surface area contributed by atoms with Gasteiger partial charge in [-0.15, -0.1) is 0 Å². The van der Waals surface area contributed by atoms with E-state index in [1.54, 1.807) is 0 Å². The Morgan fingerprint density at radius 2 is 1.39 bits per heavy atom. The lowest BCUT2D eigenvalue weighted by Gasteiger charge is -2.42. The van der Waals surface area contributed by atoms with Crippen molar-refractivity contribution in [3.05, 3.63) is 106 Å². The molecule has 11 heteroatoms. The molecular weight excluding hydrogens is 520 g/mol. The van der Waals surface area contributed by atoms with Gasteiger partial charge in [0, 0.05) is 37.8 Å². The molecule has 0 aliphatic carbocycles. The number of nitrogens with zero attached hydrogens (tertiary/aromatic N) is 2. The van der Waals surface area contributed by atoms with E-state index in [1.165, 1.54) is 11.0 Å². The average Bonchev–Trinajstić information content (AvgIpc) is 2.85. The highest BCUT2D eigenvalue weighted by atomic mass is 19.4. The van der Waals surface area contributed by atoms with Gasteiger partial charge in [-0.2, -0.15) is 26.3 Å². The summed E-state index contributed by atoms with van der Waals surface area (Å²) in [6.45, 7) is 1.02. The Balaban J connectivity index is 1.67. The molecule has 1 aliphatic rings. The predicted molar refractivity (Wildman–Crippen MR) is 123 cm³/mol. The first-order chi connectivity index (χ1) is 17.8. The second-order valence-electron chi connectivity index (χ2n) is 9.12. The Morgan fingerprint density at radius 1 is 0.763 bits per heavy atom. The quantitative estimate of drug-likeness (QED) is 0.341. The molecule has 3 nitrogen and oxygen atoms in total. The Kier molecular flexibility index (Phi) is 7.78. The summed E-state index contributed by atoms with van der Waals surface area (Å²) in [4.78, 5) is 16.6. The van der Waals surface area contributed by atoms with Crippen molar-refractivity contribution < 1.29 is 39.9 Å². The van der Waals surface area contributed by atoms with Gasteiger partial charge in [0.25, 0.3) is 5.91 Å². The highest BCUT2D eigenvalue weighted by molar-refractivity contribution is 5.95. The number of alkyl halides is 6. The number of rotatable bonds is 5. The van der Waals surface area contributed by atoms with Gasteiger partial charge in [-0.05, 0) is 47.9 Å². The molecule has 0 aromatic heterocycles. The molecule has 3 aromatic rings. The fourth-order valence-corrected chi connectivity index (χ4v) is 4.53. The molecule has 1 fully saturated rings. The monoisotopic (exact) mass is 542 g/mol. The summed E-state index contributed by atoms with van der Waals surface area (Å²) in [6.07, 6.45) is -10.2. The van der Waals surface area contributed by atoms with Crippen LogP contribution in [0.25, 0.3) is 0 Å². The molecule has 0 saturated carbocycles. The van der Waals surface area contributed by atoms with Crippen LogP contribution in [-0.4, -0.2) is 41.4 Å². The van der Waals surface area contributed by atoms with E-state index in [4.69, 9.17) is 0 Å². The van der Waals surface area contributed by atoms with Crippen molar-refractivity contribution in [3.8, 4) is 0 Å². The molecule has 0 spiro atoms. The maximum Gasteiger partial charge on any atom is 0.416 e. The van der Waals surface area contributed by atoms with Gasteiger partial charge in [0.1, 0.15) is 0 Å². The lowest BCUT2D eigenvalue weighted by Crippen LogP contribution is -2.55. The van der Waals surface area contributed by atoms with E-state index in [1.807, 2.05) is 35.2 Å². The first kappa shape index (κ1) is 27.6. The predicted octanol–water partition coefficient (Wildman–Crippen LogP) is 6.57. The van der Waals surface area contributed by atoms with Crippen molar-refractivity contribution in [1.29, 1.82) is 0 Å². The minimum atomic E-state index is -5.10.